The average Bonchev–Trinajstić information content (AvgIpc) is 3.04. The quantitative estimate of drug-likeness (QED) is 0.199. The number of nitrogens with two attached hydrogens (primary N) is 1. The van der Waals surface area contributed by atoms with Gasteiger partial charge in [0.25, 0.3) is 5.91 Å². The van der Waals surface area contributed by atoms with Crippen molar-refractivity contribution >= 4 is 11.7 Å². The second-order valence-electron chi connectivity index (χ2n) is 4.35. The number of aromatic amines is 1. The van der Waals surface area contributed by atoms with E-state index in [2.05, 4.69) is 25.7 Å². The number of carbonyl (C=O) groups excluding carboxylic acids is 1. The van der Waals surface area contributed by atoms with Gasteiger partial charge in [-0.15, -0.1) is 0 Å². The smallest absolute Gasteiger partial charge is 0.251 e. The summed E-state index contributed by atoms with van der Waals surface area (Å²) in [5.74, 6) is 0.639. The highest BCUT2D eigenvalue weighted by Crippen LogP contribution is 2.04. The van der Waals surface area contributed by atoms with E-state index in [4.69, 9.17) is 10.9 Å². The van der Waals surface area contributed by atoms with Crippen molar-refractivity contribution in [1.29, 1.82) is 0 Å². The zero-order valence-electron chi connectivity index (χ0n) is 11.3. The van der Waals surface area contributed by atoms with E-state index in [1.54, 1.807) is 24.3 Å². The number of aryl methyl sites for hydroxylation is 1. The minimum Gasteiger partial charge on any atom is -0.409 e. The van der Waals surface area contributed by atoms with Crippen LogP contribution in [0.5, 0.6) is 0 Å². The number of amidine groups is 1. The minimum atomic E-state index is -0.168. The van der Waals surface area contributed by atoms with Gasteiger partial charge in [-0.05, 0) is 18.6 Å². The number of amides is 1. The summed E-state index contributed by atoms with van der Waals surface area (Å²) in [6.07, 6.45) is 2.95. The summed E-state index contributed by atoms with van der Waals surface area (Å²) in [4.78, 5) is 15.9. The van der Waals surface area contributed by atoms with E-state index in [1.807, 2.05) is 0 Å². The predicted molar refractivity (Wildman–Crippen MR) is 76.0 cm³/mol. The van der Waals surface area contributed by atoms with Crippen molar-refractivity contribution in [3.63, 3.8) is 0 Å². The van der Waals surface area contributed by atoms with Crippen molar-refractivity contribution in [2.24, 2.45) is 10.9 Å². The van der Waals surface area contributed by atoms with E-state index < -0.39 is 0 Å². The molecular weight excluding hydrogens is 272 g/mol. The molecule has 1 aromatic carbocycles. The Morgan fingerprint density at radius 3 is 2.67 bits per heavy atom. The second kappa shape index (κ2) is 7.04. The van der Waals surface area contributed by atoms with E-state index in [9.17, 15) is 4.79 Å². The Bertz CT molecular complexity index is 606. The molecule has 110 valence electrons. The van der Waals surface area contributed by atoms with E-state index in [1.165, 1.54) is 6.33 Å². The van der Waals surface area contributed by atoms with Gasteiger partial charge in [0.2, 0.25) is 0 Å². The van der Waals surface area contributed by atoms with Crippen LogP contribution in [0.3, 0.4) is 0 Å². The molecule has 0 saturated carbocycles. The van der Waals surface area contributed by atoms with Crippen LogP contribution in [0.2, 0.25) is 0 Å². The number of hydrogen-bond donors (Lipinski definition) is 4. The lowest BCUT2D eigenvalue weighted by Gasteiger charge is -2.05. The van der Waals surface area contributed by atoms with Crippen LogP contribution in [-0.4, -0.2) is 38.7 Å². The van der Waals surface area contributed by atoms with E-state index in [0.717, 1.165) is 18.7 Å². The zero-order valence-corrected chi connectivity index (χ0v) is 11.3. The Balaban J connectivity index is 1.80. The maximum absolute atomic E-state index is 11.9. The lowest BCUT2D eigenvalue weighted by Crippen LogP contribution is -2.25. The molecule has 0 saturated heterocycles. The average molecular weight is 288 g/mol. The molecule has 0 aliphatic carbocycles. The van der Waals surface area contributed by atoms with E-state index in [0.29, 0.717) is 17.7 Å². The maximum Gasteiger partial charge on any atom is 0.251 e. The van der Waals surface area contributed by atoms with Gasteiger partial charge in [0.05, 0.1) is 0 Å². The molecule has 8 nitrogen and oxygen atoms in total. The van der Waals surface area contributed by atoms with Crippen molar-refractivity contribution in [1.82, 2.24) is 20.5 Å². The number of rotatable bonds is 6. The summed E-state index contributed by atoms with van der Waals surface area (Å²) >= 11 is 0. The standard InChI is InChI=1S/C13H16N6O2/c14-12(19-21)9-3-5-10(6-4-9)13(20)15-7-1-2-11-16-8-17-18-11/h3-6,8,21H,1-2,7H2,(H2,14,19)(H,15,20)(H,16,17,18). The van der Waals surface area contributed by atoms with Gasteiger partial charge in [-0.1, -0.05) is 17.3 Å². The number of aromatic nitrogens is 3. The molecule has 8 heteroatoms. The summed E-state index contributed by atoms with van der Waals surface area (Å²) in [6, 6.07) is 6.50. The molecule has 1 amide bonds. The van der Waals surface area contributed by atoms with Crippen LogP contribution in [0.1, 0.15) is 28.2 Å². The third-order valence-corrected chi connectivity index (χ3v) is 2.89. The van der Waals surface area contributed by atoms with E-state index in [-0.39, 0.29) is 11.7 Å². The molecule has 0 unspecified atom stereocenters. The Morgan fingerprint density at radius 1 is 1.33 bits per heavy atom. The molecular formula is C13H16N6O2. The highest BCUT2D eigenvalue weighted by Gasteiger charge is 2.06. The van der Waals surface area contributed by atoms with Gasteiger partial charge in [-0.3, -0.25) is 9.89 Å². The summed E-state index contributed by atoms with van der Waals surface area (Å²) < 4.78 is 0. The fourth-order valence-electron chi connectivity index (χ4n) is 1.76. The van der Waals surface area contributed by atoms with Gasteiger partial charge < -0.3 is 16.3 Å². The van der Waals surface area contributed by atoms with Crippen LogP contribution in [0.4, 0.5) is 0 Å². The molecule has 5 N–H and O–H groups in total. The molecule has 2 rings (SSSR count). The molecule has 2 aromatic rings. The minimum absolute atomic E-state index is 0.00835. The first-order valence-corrected chi connectivity index (χ1v) is 6.41. The van der Waals surface area contributed by atoms with Crippen molar-refractivity contribution in [3.8, 4) is 0 Å². The molecule has 0 atom stereocenters. The molecule has 0 fully saturated rings. The first-order valence-electron chi connectivity index (χ1n) is 6.41. The van der Waals surface area contributed by atoms with Gasteiger partial charge in [-0.2, -0.15) is 5.10 Å². The summed E-state index contributed by atoms with van der Waals surface area (Å²) in [7, 11) is 0. The number of nitrogens with zero attached hydrogens (tertiary/aromatic N) is 3. The van der Waals surface area contributed by atoms with Gasteiger partial charge >= 0.3 is 0 Å². The third-order valence-electron chi connectivity index (χ3n) is 2.89. The Labute approximate surface area is 121 Å². The van der Waals surface area contributed by atoms with Crippen molar-refractivity contribution in [2.75, 3.05) is 6.54 Å². The molecule has 0 spiro atoms. The number of benzene rings is 1. The van der Waals surface area contributed by atoms with Crippen molar-refractivity contribution in [2.45, 2.75) is 12.8 Å². The van der Waals surface area contributed by atoms with Crippen LogP contribution in [-0.2, 0) is 6.42 Å². The van der Waals surface area contributed by atoms with E-state index >= 15 is 0 Å². The Hall–Kier alpha value is -2.90. The molecule has 1 heterocycles. The zero-order chi connectivity index (χ0) is 15.1. The van der Waals surface area contributed by atoms with Crippen LogP contribution in [0.15, 0.2) is 35.7 Å². The summed E-state index contributed by atoms with van der Waals surface area (Å²) in [5.41, 5.74) is 6.52. The van der Waals surface area contributed by atoms with Gasteiger partial charge in [0.1, 0.15) is 12.2 Å². The number of carbonyl (C=O) groups is 1. The van der Waals surface area contributed by atoms with Crippen LogP contribution >= 0.6 is 0 Å². The Morgan fingerprint density at radius 2 is 2.05 bits per heavy atom. The monoisotopic (exact) mass is 288 g/mol. The SMILES string of the molecule is NC(=NO)c1ccc(C(=O)NCCCc2ncn[nH]2)cc1. The topological polar surface area (TPSA) is 129 Å². The lowest BCUT2D eigenvalue weighted by atomic mass is 10.1. The normalized spacial score (nSPS) is 11.3. The molecule has 0 radical (unpaired) electrons. The van der Waals surface area contributed by atoms with Crippen molar-refractivity contribution < 1.29 is 10.0 Å². The largest absolute Gasteiger partial charge is 0.409 e. The molecule has 0 bridgehead atoms. The van der Waals surface area contributed by atoms with Crippen LogP contribution < -0.4 is 11.1 Å². The first-order chi connectivity index (χ1) is 10.2. The first kappa shape index (κ1) is 14.5. The molecule has 0 aliphatic rings. The fourth-order valence-corrected chi connectivity index (χ4v) is 1.76. The maximum atomic E-state index is 11.9. The van der Waals surface area contributed by atoms with Gasteiger partial charge in [0, 0.05) is 24.1 Å². The number of hydrogen-bond acceptors (Lipinski definition) is 5. The number of H-pyrrole nitrogens is 1. The second-order valence-corrected chi connectivity index (χ2v) is 4.35. The highest BCUT2D eigenvalue weighted by atomic mass is 16.4. The molecule has 0 aliphatic heterocycles. The number of oxime groups is 1. The van der Waals surface area contributed by atoms with Crippen LogP contribution in [0.25, 0.3) is 0 Å². The predicted octanol–water partition coefficient (Wildman–Crippen LogP) is 0.262. The summed E-state index contributed by atoms with van der Waals surface area (Å²) in [5, 5.41) is 20.8. The third kappa shape index (κ3) is 4.03. The van der Waals surface area contributed by atoms with Gasteiger partial charge in [0.15, 0.2) is 5.84 Å². The summed E-state index contributed by atoms with van der Waals surface area (Å²) in [6.45, 7) is 0.543. The molecule has 21 heavy (non-hydrogen) atoms. The Kier molecular flexibility index (Phi) is 4.86. The van der Waals surface area contributed by atoms with Crippen molar-refractivity contribution in [3.05, 3.63) is 47.5 Å². The molecule has 1 aromatic heterocycles. The highest BCUT2D eigenvalue weighted by molar-refractivity contribution is 5.99. The lowest BCUT2D eigenvalue weighted by molar-refractivity contribution is 0.0953. The van der Waals surface area contributed by atoms with Crippen LogP contribution in [0, 0.1) is 0 Å². The number of nitrogens with one attached hydrogen (secondary N) is 2. The fraction of sp³-hybridized carbons (Fsp3) is 0.231. The van der Waals surface area contributed by atoms with Gasteiger partial charge in [-0.25, -0.2) is 4.98 Å².